The third kappa shape index (κ3) is 2.71. The Morgan fingerprint density at radius 2 is 1.96 bits per heavy atom. The minimum atomic E-state index is -0.216. The summed E-state index contributed by atoms with van der Waals surface area (Å²) in [4.78, 5) is 17.2. The van der Waals surface area contributed by atoms with E-state index in [1.807, 2.05) is 6.07 Å². The van der Waals surface area contributed by atoms with Crippen LogP contribution in [0.15, 0.2) is 40.5 Å². The van der Waals surface area contributed by atoms with Crippen LogP contribution in [0.5, 0.6) is 0 Å². The Labute approximate surface area is 135 Å². The van der Waals surface area contributed by atoms with Crippen molar-refractivity contribution in [2.75, 3.05) is 0 Å². The minimum absolute atomic E-state index is 0.0781. The van der Waals surface area contributed by atoms with Crippen LogP contribution >= 0.6 is 0 Å². The molecule has 1 saturated carbocycles. The van der Waals surface area contributed by atoms with Crippen molar-refractivity contribution in [2.45, 2.75) is 56.5 Å². The number of ketones is 1. The number of nitrogens with one attached hydrogen (secondary N) is 1. The van der Waals surface area contributed by atoms with Gasteiger partial charge in [-0.3, -0.25) is 9.79 Å². The second-order valence-electron chi connectivity index (χ2n) is 6.82. The van der Waals surface area contributed by atoms with Crippen LogP contribution in [0.3, 0.4) is 0 Å². The Balaban J connectivity index is 1.64. The number of hydrogen-bond donors (Lipinski definition) is 1. The van der Waals surface area contributed by atoms with E-state index in [2.05, 4.69) is 10.3 Å². The fraction of sp³-hybridized carbons (Fsp3) is 0.474. The number of halogens is 1. The van der Waals surface area contributed by atoms with Crippen LogP contribution in [0.1, 0.15) is 50.0 Å². The third-order valence-electron chi connectivity index (χ3n) is 5.34. The predicted octanol–water partition coefficient (Wildman–Crippen LogP) is 3.51. The molecule has 1 fully saturated rings. The van der Waals surface area contributed by atoms with Crippen molar-refractivity contribution in [3.05, 3.63) is 46.9 Å². The summed E-state index contributed by atoms with van der Waals surface area (Å²) in [5, 5.41) is 3.58. The van der Waals surface area contributed by atoms with Crippen molar-refractivity contribution in [1.82, 2.24) is 5.32 Å². The molecule has 3 atom stereocenters. The van der Waals surface area contributed by atoms with Gasteiger partial charge in [0.1, 0.15) is 5.82 Å². The van der Waals surface area contributed by atoms with Gasteiger partial charge in [0.2, 0.25) is 0 Å². The molecular formula is C19H21FN2O. The van der Waals surface area contributed by atoms with Gasteiger partial charge in [0.15, 0.2) is 5.78 Å². The van der Waals surface area contributed by atoms with Gasteiger partial charge in [0.25, 0.3) is 0 Å². The summed E-state index contributed by atoms with van der Waals surface area (Å²) in [6.45, 7) is 0. The van der Waals surface area contributed by atoms with Crippen LogP contribution in [0.2, 0.25) is 0 Å². The van der Waals surface area contributed by atoms with Gasteiger partial charge in [-0.2, -0.15) is 0 Å². The normalized spacial score (nSPS) is 30.3. The first-order valence-corrected chi connectivity index (χ1v) is 8.53. The summed E-state index contributed by atoms with van der Waals surface area (Å²) in [7, 11) is 0. The zero-order valence-electron chi connectivity index (χ0n) is 13.1. The lowest BCUT2D eigenvalue weighted by atomic mass is 9.81. The third-order valence-corrected chi connectivity index (χ3v) is 5.34. The summed E-state index contributed by atoms with van der Waals surface area (Å²) in [6, 6.07) is 7.40. The number of hydrogen-bond acceptors (Lipinski definition) is 3. The van der Waals surface area contributed by atoms with Gasteiger partial charge >= 0.3 is 0 Å². The van der Waals surface area contributed by atoms with E-state index >= 15 is 0 Å². The molecule has 0 amide bonds. The molecule has 1 N–H and O–H groups in total. The van der Waals surface area contributed by atoms with E-state index in [4.69, 9.17) is 0 Å². The molecule has 0 aromatic heterocycles. The number of carbonyl (C=O) groups excluding carboxylic acids is 1. The molecule has 3 nitrogen and oxygen atoms in total. The first-order chi connectivity index (χ1) is 11.2. The van der Waals surface area contributed by atoms with Crippen molar-refractivity contribution in [2.24, 2.45) is 4.99 Å². The van der Waals surface area contributed by atoms with Gasteiger partial charge in [-0.1, -0.05) is 31.0 Å². The van der Waals surface area contributed by atoms with Crippen molar-refractivity contribution < 1.29 is 9.18 Å². The number of benzene rings is 1. The molecule has 1 heterocycles. The van der Waals surface area contributed by atoms with Crippen molar-refractivity contribution in [3.8, 4) is 0 Å². The molecule has 3 aliphatic rings. The summed E-state index contributed by atoms with van der Waals surface area (Å²) in [5.41, 5.74) is 2.33. The average Bonchev–Trinajstić information content (AvgIpc) is 2.74. The molecule has 4 rings (SSSR count). The standard InChI is InChI=1S/C19H21FN2O/c20-15-6-2-1-5-13(15)12-9-18-14(19(23)10-12)11-21-16-7-3-4-8-17(16)22-18/h1-2,5-6,11-12,16-17,22H,3-4,7-10H2/t12-,16-,17+/m1/s1. The Morgan fingerprint density at radius 1 is 1.13 bits per heavy atom. The topological polar surface area (TPSA) is 41.5 Å². The quantitative estimate of drug-likeness (QED) is 0.862. The van der Waals surface area contributed by atoms with E-state index in [1.165, 1.54) is 18.9 Å². The summed E-state index contributed by atoms with van der Waals surface area (Å²) in [6.07, 6.45) is 7.42. The zero-order valence-corrected chi connectivity index (χ0v) is 13.1. The Morgan fingerprint density at radius 3 is 2.83 bits per heavy atom. The van der Waals surface area contributed by atoms with Gasteiger partial charge < -0.3 is 5.32 Å². The van der Waals surface area contributed by atoms with Crippen molar-refractivity contribution >= 4 is 12.0 Å². The largest absolute Gasteiger partial charge is 0.383 e. The maximum absolute atomic E-state index is 14.1. The Bertz CT molecular complexity index is 694. The smallest absolute Gasteiger partial charge is 0.166 e. The van der Waals surface area contributed by atoms with Gasteiger partial charge in [0, 0.05) is 24.4 Å². The first kappa shape index (κ1) is 14.6. The molecule has 1 aromatic rings. The maximum Gasteiger partial charge on any atom is 0.166 e. The summed E-state index contributed by atoms with van der Waals surface area (Å²) >= 11 is 0. The highest BCUT2D eigenvalue weighted by atomic mass is 19.1. The van der Waals surface area contributed by atoms with E-state index < -0.39 is 0 Å². The fourth-order valence-electron chi connectivity index (χ4n) is 4.10. The van der Waals surface area contributed by atoms with Gasteiger partial charge in [-0.25, -0.2) is 4.39 Å². The van der Waals surface area contributed by atoms with Crippen molar-refractivity contribution in [3.63, 3.8) is 0 Å². The highest BCUT2D eigenvalue weighted by Crippen LogP contribution is 2.36. The highest BCUT2D eigenvalue weighted by molar-refractivity contribution is 6.15. The van der Waals surface area contributed by atoms with E-state index in [0.29, 0.717) is 30.0 Å². The summed E-state index contributed by atoms with van der Waals surface area (Å²) in [5.74, 6) is -0.218. The predicted molar refractivity (Wildman–Crippen MR) is 88.1 cm³/mol. The van der Waals surface area contributed by atoms with Crippen molar-refractivity contribution in [1.29, 1.82) is 0 Å². The Kier molecular flexibility index (Phi) is 3.76. The number of Topliss-reactive ketones (excluding diaryl/α,β-unsaturated/α-hetero) is 1. The fourth-order valence-corrected chi connectivity index (χ4v) is 4.10. The Hall–Kier alpha value is -1.97. The van der Waals surface area contributed by atoms with Crippen LogP contribution in [-0.2, 0) is 4.79 Å². The maximum atomic E-state index is 14.1. The number of nitrogens with zero attached hydrogens (tertiary/aromatic N) is 1. The average molecular weight is 312 g/mol. The van der Waals surface area contributed by atoms with Gasteiger partial charge in [0.05, 0.1) is 11.6 Å². The molecule has 0 unspecified atom stereocenters. The number of fused-ring (bicyclic) bond motifs is 1. The second kappa shape index (κ2) is 5.91. The monoisotopic (exact) mass is 312 g/mol. The van der Waals surface area contributed by atoms with Crippen LogP contribution in [0.25, 0.3) is 0 Å². The molecular weight excluding hydrogens is 291 g/mol. The molecule has 120 valence electrons. The first-order valence-electron chi connectivity index (χ1n) is 8.53. The lowest BCUT2D eigenvalue weighted by Gasteiger charge is -2.32. The van der Waals surface area contributed by atoms with Crippen LogP contribution in [-0.4, -0.2) is 24.1 Å². The highest BCUT2D eigenvalue weighted by Gasteiger charge is 2.34. The number of rotatable bonds is 1. The van der Waals surface area contributed by atoms with E-state index in [1.54, 1.807) is 18.3 Å². The molecule has 2 aliphatic carbocycles. The molecule has 1 aromatic carbocycles. The zero-order chi connectivity index (χ0) is 15.8. The lowest BCUT2D eigenvalue weighted by Crippen LogP contribution is -2.41. The van der Waals surface area contributed by atoms with E-state index in [-0.39, 0.29) is 23.6 Å². The molecule has 23 heavy (non-hydrogen) atoms. The van der Waals surface area contributed by atoms with Crippen LogP contribution < -0.4 is 5.32 Å². The number of carbonyl (C=O) groups is 1. The van der Waals surface area contributed by atoms with E-state index in [0.717, 1.165) is 18.5 Å². The minimum Gasteiger partial charge on any atom is -0.383 e. The van der Waals surface area contributed by atoms with Gasteiger partial charge in [-0.15, -0.1) is 0 Å². The SMILES string of the molecule is O=C1C[C@H](c2ccccc2F)CC2=C1C=N[C@@H]1CCCC[C@@H]1N2. The number of aliphatic imine (C=N–C) groups is 1. The summed E-state index contributed by atoms with van der Waals surface area (Å²) < 4.78 is 14.1. The molecule has 0 radical (unpaired) electrons. The molecule has 4 heteroatoms. The molecule has 0 spiro atoms. The molecule has 0 saturated heterocycles. The second-order valence-corrected chi connectivity index (χ2v) is 6.82. The molecule has 1 aliphatic heterocycles. The molecule has 0 bridgehead atoms. The van der Waals surface area contributed by atoms with Gasteiger partial charge in [-0.05, 0) is 36.8 Å². The lowest BCUT2D eigenvalue weighted by molar-refractivity contribution is -0.115. The van der Waals surface area contributed by atoms with Crippen LogP contribution in [0, 0.1) is 5.82 Å². The number of allylic oxidation sites excluding steroid dienone is 2. The van der Waals surface area contributed by atoms with Crippen LogP contribution in [0.4, 0.5) is 4.39 Å². The van der Waals surface area contributed by atoms with E-state index in [9.17, 15) is 9.18 Å².